The number of aryl methyl sites for hydroxylation is 1. The van der Waals surface area contributed by atoms with Crippen LogP contribution >= 0.6 is 22.9 Å². The normalized spacial score (nSPS) is 10.6. The van der Waals surface area contributed by atoms with Gasteiger partial charge in [-0.15, -0.1) is 11.3 Å². The van der Waals surface area contributed by atoms with Gasteiger partial charge in [0.25, 0.3) is 5.91 Å². The summed E-state index contributed by atoms with van der Waals surface area (Å²) in [5.41, 5.74) is 3.53. The predicted molar refractivity (Wildman–Crippen MR) is 116 cm³/mol. The van der Waals surface area contributed by atoms with Crippen LogP contribution in [-0.4, -0.2) is 23.3 Å². The number of aromatic nitrogens is 1. The number of carbonyl (C=O) groups is 2. The van der Waals surface area contributed by atoms with Gasteiger partial charge in [0, 0.05) is 16.9 Å². The quantitative estimate of drug-likeness (QED) is 0.572. The first-order valence-electron chi connectivity index (χ1n) is 9.29. The van der Waals surface area contributed by atoms with E-state index in [1.165, 1.54) is 11.3 Å². The number of nitrogens with zero attached hydrogens (tertiary/aromatic N) is 1. The minimum Gasteiger partial charge on any atom is -0.350 e. The van der Waals surface area contributed by atoms with Crippen LogP contribution in [0.5, 0.6) is 0 Å². The second kappa shape index (κ2) is 10.2. The highest BCUT2D eigenvalue weighted by molar-refractivity contribution is 7.09. The maximum absolute atomic E-state index is 12.2. The molecule has 0 aliphatic carbocycles. The predicted octanol–water partition coefficient (Wildman–Crippen LogP) is 3.94. The molecule has 0 aliphatic heterocycles. The molecular weight excluding hydrogens is 406 g/mol. The van der Waals surface area contributed by atoms with Crippen LogP contribution in [0, 0.1) is 6.92 Å². The van der Waals surface area contributed by atoms with E-state index in [0.717, 1.165) is 16.7 Å². The molecule has 1 heterocycles. The zero-order chi connectivity index (χ0) is 20.6. The van der Waals surface area contributed by atoms with Crippen molar-refractivity contribution in [2.75, 3.05) is 6.54 Å². The van der Waals surface area contributed by atoms with E-state index >= 15 is 0 Å². The summed E-state index contributed by atoms with van der Waals surface area (Å²) in [6, 6.07) is 15.4. The van der Waals surface area contributed by atoms with E-state index in [9.17, 15) is 9.59 Å². The number of thiazole rings is 1. The molecule has 7 heteroatoms. The van der Waals surface area contributed by atoms with Gasteiger partial charge < -0.3 is 10.6 Å². The SMILES string of the molecule is Cc1cccc(CC(=O)NCc2nc(C(=O)NCCc3cccc(Cl)c3)cs2)c1. The summed E-state index contributed by atoms with van der Waals surface area (Å²) < 4.78 is 0. The van der Waals surface area contributed by atoms with Gasteiger partial charge in [-0.25, -0.2) is 4.98 Å². The molecule has 5 nitrogen and oxygen atoms in total. The van der Waals surface area contributed by atoms with Crippen LogP contribution in [0.15, 0.2) is 53.9 Å². The summed E-state index contributed by atoms with van der Waals surface area (Å²) in [5, 5.41) is 8.80. The maximum atomic E-state index is 12.2. The third kappa shape index (κ3) is 6.69. The van der Waals surface area contributed by atoms with Crippen molar-refractivity contribution in [3.8, 4) is 0 Å². The van der Waals surface area contributed by atoms with Crippen LogP contribution in [0.4, 0.5) is 0 Å². The molecule has 0 bridgehead atoms. The molecule has 0 unspecified atom stereocenters. The van der Waals surface area contributed by atoms with Crippen molar-refractivity contribution in [2.45, 2.75) is 26.3 Å². The molecule has 2 amide bonds. The second-order valence-corrected chi connectivity index (χ2v) is 8.08. The van der Waals surface area contributed by atoms with Crippen LogP contribution in [-0.2, 0) is 24.2 Å². The molecular formula is C22H22ClN3O2S. The molecule has 0 saturated heterocycles. The van der Waals surface area contributed by atoms with Crippen molar-refractivity contribution < 1.29 is 9.59 Å². The van der Waals surface area contributed by atoms with Crippen molar-refractivity contribution in [1.29, 1.82) is 0 Å². The Kier molecular flexibility index (Phi) is 7.38. The lowest BCUT2D eigenvalue weighted by atomic mass is 10.1. The Morgan fingerprint density at radius 2 is 1.86 bits per heavy atom. The summed E-state index contributed by atoms with van der Waals surface area (Å²) in [6.45, 7) is 2.81. The van der Waals surface area contributed by atoms with Crippen molar-refractivity contribution in [3.63, 3.8) is 0 Å². The van der Waals surface area contributed by atoms with E-state index in [1.54, 1.807) is 5.38 Å². The smallest absolute Gasteiger partial charge is 0.270 e. The molecule has 0 aliphatic rings. The summed E-state index contributed by atoms with van der Waals surface area (Å²) in [4.78, 5) is 28.7. The Bertz CT molecular complexity index is 1000. The number of halogens is 1. The van der Waals surface area contributed by atoms with Gasteiger partial charge in [-0.2, -0.15) is 0 Å². The Morgan fingerprint density at radius 3 is 2.66 bits per heavy atom. The van der Waals surface area contributed by atoms with E-state index in [2.05, 4.69) is 15.6 Å². The van der Waals surface area contributed by atoms with Crippen molar-refractivity contribution >= 4 is 34.8 Å². The van der Waals surface area contributed by atoms with Gasteiger partial charge in [-0.3, -0.25) is 9.59 Å². The Morgan fingerprint density at radius 1 is 1.07 bits per heavy atom. The highest BCUT2D eigenvalue weighted by atomic mass is 35.5. The number of hydrogen-bond acceptors (Lipinski definition) is 4. The first-order chi connectivity index (χ1) is 14.0. The van der Waals surface area contributed by atoms with Crippen molar-refractivity contribution in [1.82, 2.24) is 15.6 Å². The second-order valence-electron chi connectivity index (χ2n) is 6.70. The summed E-state index contributed by atoms with van der Waals surface area (Å²) in [7, 11) is 0. The monoisotopic (exact) mass is 427 g/mol. The Balaban J connectivity index is 1.43. The lowest BCUT2D eigenvalue weighted by Gasteiger charge is -2.05. The van der Waals surface area contributed by atoms with Gasteiger partial charge in [0.05, 0.1) is 13.0 Å². The third-order valence-corrected chi connectivity index (χ3v) is 5.34. The number of amides is 2. The van der Waals surface area contributed by atoms with E-state index < -0.39 is 0 Å². The average molecular weight is 428 g/mol. The molecule has 2 aromatic carbocycles. The fourth-order valence-corrected chi connectivity index (χ4v) is 3.77. The first kappa shape index (κ1) is 21.0. The standard InChI is InChI=1S/C22H22ClN3O2S/c1-15-4-2-6-17(10-15)12-20(27)25-13-21-26-19(14-29-21)22(28)24-9-8-16-5-3-7-18(23)11-16/h2-7,10-11,14H,8-9,12-13H2,1H3,(H,24,28)(H,25,27). The van der Waals surface area contributed by atoms with Crippen molar-refractivity contribution in [2.24, 2.45) is 0 Å². The van der Waals surface area contributed by atoms with E-state index in [-0.39, 0.29) is 11.8 Å². The highest BCUT2D eigenvalue weighted by Gasteiger charge is 2.11. The number of rotatable bonds is 8. The summed E-state index contributed by atoms with van der Waals surface area (Å²) >= 11 is 7.32. The zero-order valence-electron chi connectivity index (χ0n) is 16.1. The molecule has 0 spiro atoms. The lowest BCUT2D eigenvalue weighted by molar-refractivity contribution is -0.120. The van der Waals surface area contributed by atoms with Crippen LogP contribution in [0.1, 0.15) is 32.2 Å². The highest BCUT2D eigenvalue weighted by Crippen LogP contribution is 2.12. The fourth-order valence-electron chi connectivity index (χ4n) is 2.84. The molecule has 1 aromatic heterocycles. The number of benzene rings is 2. The number of nitrogens with one attached hydrogen (secondary N) is 2. The Labute approximate surface area is 179 Å². The molecule has 150 valence electrons. The van der Waals surface area contributed by atoms with E-state index in [4.69, 9.17) is 11.6 Å². The van der Waals surface area contributed by atoms with E-state index in [0.29, 0.717) is 41.7 Å². The fraction of sp³-hybridized carbons (Fsp3) is 0.227. The average Bonchev–Trinajstić information content (AvgIpc) is 3.16. The molecule has 29 heavy (non-hydrogen) atoms. The van der Waals surface area contributed by atoms with Gasteiger partial charge in [-0.1, -0.05) is 53.6 Å². The molecule has 3 rings (SSSR count). The zero-order valence-corrected chi connectivity index (χ0v) is 17.6. The third-order valence-electron chi connectivity index (χ3n) is 4.26. The number of carbonyl (C=O) groups excluding carboxylic acids is 2. The van der Waals surface area contributed by atoms with Crippen LogP contribution in [0.25, 0.3) is 0 Å². The Hall–Kier alpha value is -2.70. The van der Waals surface area contributed by atoms with Crippen LogP contribution < -0.4 is 10.6 Å². The minimum absolute atomic E-state index is 0.0710. The molecule has 0 atom stereocenters. The van der Waals surface area contributed by atoms with Crippen molar-refractivity contribution in [3.05, 3.63) is 86.3 Å². The van der Waals surface area contributed by atoms with Gasteiger partial charge in [0.2, 0.25) is 5.91 Å². The molecule has 2 N–H and O–H groups in total. The largest absolute Gasteiger partial charge is 0.350 e. The van der Waals surface area contributed by atoms with Crippen LogP contribution in [0.3, 0.4) is 0 Å². The van der Waals surface area contributed by atoms with Gasteiger partial charge in [0.15, 0.2) is 0 Å². The van der Waals surface area contributed by atoms with E-state index in [1.807, 2.05) is 55.5 Å². The topological polar surface area (TPSA) is 71.1 Å². The molecule has 0 radical (unpaired) electrons. The first-order valence-corrected chi connectivity index (χ1v) is 10.5. The van der Waals surface area contributed by atoms with Gasteiger partial charge in [0.1, 0.15) is 10.7 Å². The van der Waals surface area contributed by atoms with Crippen LogP contribution in [0.2, 0.25) is 5.02 Å². The lowest BCUT2D eigenvalue weighted by Crippen LogP contribution is -2.26. The van der Waals surface area contributed by atoms with Gasteiger partial charge in [-0.05, 0) is 36.6 Å². The summed E-state index contributed by atoms with van der Waals surface area (Å²) in [5.74, 6) is -0.293. The molecule has 0 fully saturated rings. The number of hydrogen-bond donors (Lipinski definition) is 2. The molecule has 0 saturated carbocycles. The minimum atomic E-state index is -0.222. The van der Waals surface area contributed by atoms with Gasteiger partial charge >= 0.3 is 0 Å². The summed E-state index contributed by atoms with van der Waals surface area (Å²) in [6.07, 6.45) is 1.02. The molecule has 3 aromatic rings. The maximum Gasteiger partial charge on any atom is 0.270 e.